The van der Waals surface area contributed by atoms with E-state index in [4.69, 9.17) is 10.5 Å². The first-order valence-electron chi connectivity index (χ1n) is 11.2. The van der Waals surface area contributed by atoms with Gasteiger partial charge in [-0.3, -0.25) is 14.7 Å². The zero-order chi connectivity index (χ0) is 24.6. The molecule has 35 heavy (non-hydrogen) atoms. The molecule has 178 valence electrons. The summed E-state index contributed by atoms with van der Waals surface area (Å²) in [4.78, 5) is 32.1. The molecule has 9 nitrogen and oxygen atoms in total. The minimum atomic E-state index is -0.450. The second-order valence-corrected chi connectivity index (χ2v) is 8.05. The third-order valence-corrected chi connectivity index (χ3v) is 5.31. The molecule has 4 rings (SSSR count). The van der Waals surface area contributed by atoms with Gasteiger partial charge < -0.3 is 15.8 Å². The number of carbonyl (C=O) groups is 2. The van der Waals surface area contributed by atoms with Crippen LogP contribution in [0.25, 0.3) is 11.1 Å². The van der Waals surface area contributed by atoms with Gasteiger partial charge in [0.1, 0.15) is 17.4 Å². The minimum absolute atomic E-state index is 0.0469. The second-order valence-electron chi connectivity index (χ2n) is 8.05. The number of rotatable bonds is 10. The van der Waals surface area contributed by atoms with Gasteiger partial charge in [-0.25, -0.2) is 9.97 Å². The first kappa shape index (κ1) is 23.6. The van der Waals surface area contributed by atoms with E-state index in [1.165, 1.54) is 0 Å². The van der Waals surface area contributed by atoms with E-state index in [9.17, 15) is 9.59 Å². The highest BCUT2D eigenvalue weighted by molar-refractivity contribution is 6.01. The van der Waals surface area contributed by atoms with Crippen LogP contribution in [0.4, 0.5) is 5.82 Å². The summed E-state index contributed by atoms with van der Waals surface area (Å²) in [7, 11) is 0. The molecule has 0 aliphatic rings. The highest BCUT2D eigenvalue weighted by atomic mass is 16.5. The van der Waals surface area contributed by atoms with Gasteiger partial charge in [0, 0.05) is 19.0 Å². The van der Waals surface area contributed by atoms with Crippen LogP contribution in [-0.4, -0.2) is 38.6 Å². The summed E-state index contributed by atoms with van der Waals surface area (Å²) >= 11 is 0. The molecule has 0 aliphatic carbocycles. The molecule has 2 aromatic heterocycles. The predicted octanol–water partition coefficient (Wildman–Crippen LogP) is 3.66. The van der Waals surface area contributed by atoms with Crippen molar-refractivity contribution < 1.29 is 14.3 Å². The van der Waals surface area contributed by atoms with E-state index in [0.29, 0.717) is 36.8 Å². The lowest BCUT2D eigenvalue weighted by molar-refractivity contribution is -0.118. The smallest absolute Gasteiger partial charge is 0.296 e. The summed E-state index contributed by atoms with van der Waals surface area (Å²) in [5.41, 5.74) is 9.09. The Morgan fingerprint density at radius 2 is 1.91 bits per heavy atom. The molecule has 0 unspecified atom stereocenters. The fraction of sp³-hybridized carbons (Fsp3) is 0.192. The monoisotopic (exact) mass is 470 g/mol. The van der Waals surface area contributed by atoms with E-state index in [0.717, 1.165) is 22.3 Å². The van der Waals surface area contributed by atoms with Crippen molar-refractivity contribution in [1.82, 2.24) is 20.2 Å². The van der Waals surface area contributed by atoms with Crippen LogP contribution in [0.1, 0.15) is 40.4 Å². The number of hydrogen-bond acceptors (Lipinski definition) is 6. The van der Waals surface area contributed by atoms with Crippen LogP contribution in [-0.2, 0) is 11.2 Å². The Kier molecular flexibility index (Phi) is 7.47. The molecule has 2 heterocycles. The molecule has 0 saturated heterocycles. The summed E-state index contributed by atoms with van der Waals surface area (Å²) in [5, 5.41) is 9.62. The van der Waals surface area contributed by atoms with Crippen molar-refractivity contribution in [1.29, 1.82) is 0 Å². The molecule has 0 aliphatic heterocycles. The van der Waals surface area contributed by atoms with Gasteiger partial charge in [-0.1, -0.05) is 36.4 Å². The zero-order valence-corrected chi connectivity index (χ0v) is 19.3. The first-order valence-corrected chi connectivity index (χ1v) is 11.2. The Labute approximate surface area is 202 Å². The molecule has 0 bridgehead atoms. The van der Waals surface area contributed by atoms with E-state index >= 15 is 0 Å². The number of nitrogens with one attached hydrogen (secondary N) is 2. The number of nitrogens with two attached hydrogens (primary N) is 1. The van der Waals surface area contributed by atoms with Gasteiger partial charge in [-0.05, 0) is 59.9 Å². The van der Waals surface area contributed by atoms with E-state index in [1.807, 2.05) is 61.5 Å². The van der Waals surface area contributed by atoms with Crippen molar-refractivity contribution in [2.75, 3.05) is 11.9 Å². The molecule has 0 saturated carbocycles. The minimum Gasteiger partial charge on any atom is -0.494 e. The number of benzene rings is 2. The molecule has 0 fully saturated rings. The summed E-state index contributed by atoms with van der Waals surface area (Å²) < 4.78 is 5.76. The van der Waals surface area contributed by atoms with Crippen LogP contribution in [0.3, 0.4) is 0 Å². The van der Waals surface area contributed by atoms with Gasteiger partial charge in [0.2, 0.25) is 11.7 Å². The number of carbonyl (C=O) groups excluding carboxylic acids is 2. The molecule has 2 amide bonds. The maximum absolute atomic E-state index is 12.7. The molecule has 0 atom stereocenters. The fourth-order valence-electron chi connectivity index (χ4n) is 3.54. The van der Waals surface area contributed by atoms with E-state index in [-0.39, 0.29) is 18.2 Å². The Morgan fingerprint density at radius 1 is 1.09 bits per heavy atom. The van der Waals surface area contributed by atoms with E-state index in [1.54, 1.807) is 12.3 Å². The molecule has 9 heteroatoms. The van der Waals surface area contributed by atoms with Gasteiger partial charge in [0.05, 0.1) is 6.61 Å². The van der Waals surface area contributed by atoms with Crippen LogP contribution in [0.2, 0.25) is 0 Å². The average molecular weight is 471 g/mol. The number of H-pyrrole nitrogens is 1. The standard InChI is InChI=1S/C26H26N6O3/c1-17-9-10-20(35-13-5-8-22(27)33)16-21(17)19-11-12-28-23(15-19)30-26(34)25-29-24(31-32-25)14-18-6-3-2-4-7-18/h2-4,6-7,9-12,15-16H,5,8,13-14H2,1H3,(H2,27,33)(H,28,30,34)(H,29,31,32). The molecule has 0 radical (unpaired) electrons. The summed E-state index contributed by atoms with van der Waals surface area (Å²) in [6.45, 7) is 2.39. The Balaban J connectivity index is 1.43. The van der Waals surface area contributed by atoms with Crippen LogP contribution in [0.5, 0.6) is 5.75 Å². The van der Waals surface area contributed by atoms with Crippen LogP contribution >= 0.6 is 0 Å². The Bertz CT molecular complexity index is 1320. The van der Waals surface area contributed by atoms with Crippen molar-refractivity contribution in [3.8, 4) is 16.9 Å². The van der Waals surface area contributed by atoms with Gasteiger partial charge in [-0.15, -0.1) is 5.10 Å². The lowest BCUT2D eigenvalue weighted by Crippen LogP contribution is -2.14. The highest BCUT2D eigenvalue weighted by Gasteiger charge is 2.14. The third kappa shape index (κ3) is 6.50. The molecule has 0 spiro atoms. The summed E-state index contributed by atoms with van der Waals surface area (Å²) in [5.74, 6) is 0.922. The normalized spacial score (nSPS) is 10.7. The SMILES string of the molecule is Cc1ccc(OCCCC(N)=O)cc1-c1ccnc(NC(=O)c2n[nH]c(Cc3ccccc3)n2)c1. The average Bonchev–Trinajstić information content (AvgIpc) is 3.32. The van der Waals surface area contributed by atoms with Gasteiger partial charge in [0.25, 0.3) is 5.91 Å². The van der Waals surface area contributed by atoms with Crippen molar-refractivity contribution in [2.45, 2.75) is 26.2 Å². The van der Waals surface area contributed by atoms with Gasteiger partial charge in [0.15, 0.2) is 0 Å². The van der Waals surface area contributed by atoms with Crippen molar-refractivity contribution in [3.63, 3.8) is 0 Å². The topological polar surface area (TPSA) is 136 Å². The van der Waals surface area contributed by atoms with Crippen LogP contribution in [0, 0.1) is 6.92 Å². The van der Waals surface area contributed by atoms with Gasteiger partial charge in [-0.2, -0.15) is 0 Å². The maximum Gasteiger partial charge on any atom is 0.296 e. The number of primary amides is 1. The Morgan fingerprint density at radius 3 is 2.71 bits per heavy atom. The van der Waals surface area contributed by atoms with E-state index < -0.39 is 5.91 Å². The van der Waals surface area contributed by atoms with Crippen molar-refractivity contribution in [2.24, 2.45) is 5.73 Å². The molecular formula is C26H26N6O3. The number of aromatic nitrogens is 4. The number of amides is 2. The number of aromatic amines is 1. The fourth-order valence-corrected chi connectivity index (χ4v) is 3.54. The molecule has 2 aromatic carbocycles. The lowest BCUT2D eigenvalue weighted by atomic mass is 10.0. The second kappa shape index (κ2) is 11.1. The van der Waals surface area contributed by atoms with Crippen LogP contribution < -0.4 is 15.8 Å². The molecular weight excluding hydrogens is 444 g/mol. The number of anilines is 1. The van der Waals surface area contributed by atoms with Crippen molar-refractivity contribution >= 4 is 17.6 Å². The highest BCUT2D eigenvalue weighted by Crippen LogP contribution is 2.29. The lowest BCUT2D eigenvalue weighted by Gasteiger charge is -2.11. The molecule has 4 aromatic rings. The largest absolute Gasteiger partial charge is 0.494 e. The number of ether oxygens (including phenoxy) is 1. The first-order chi connectivity index (χ1) is 17.0. The number of hydrogen-bond donors (Lipinski definition) is 3. The third-order valence-electron chi connectivity index (χ3n) is 5.31. The maximum atomic E-state index is 12.7. The Hall–Kier alpha value is -4.53. The number of pyridine rings is 1. The van der Waals surface area contributed by atoms with Crippen molar-refractivity contribution in [3.05, 3.63) is 89.6 Å². The summed E-state index contributed by atoms with van der Waals surface area (Å²) in [6.07, 6.45) is 3.02. The van der Waals surface area contributed by atoms with Gasteiger partial charge >= 0.3 is 0 Å². The molecule has 4 N–H and O–H groups in total. The zero-order valence-electron chi connectivity index (χ0n) is 19.3. The number of aryl methyl sites for hydroxylation is 1. The van der Waals surface area contributed by atoms with Crippen LogP contribution in [0.15, 0.2) is 66.9 Å². The predicted molar refractivity (Wildman–Crippen MR) is 132 cm³/mol. The summed E-state index contributed by atoms with van der Waals surface area (Å²) in [6, 6.07) is 19.2. The quantitative estimate of drug-likeness (QED) is 0.303. The van der Waals surface area contributed by atoms with E-state index in [2.05, 4.69) is 25.5 Å². The number of nitrogens with zero attached hydrogens (tertiary/aromatic N) is 3.